The molecular weight excluding hydrogens is 218 g/mol. The molecule has 0 spiro atoms. The number of hydrogen-bond donors (Lipinski definition) is 1. The van der Waals surface area contributed by atoms with Gasteiger partial charge in [-0.2, -0.15) is 5.10 Å². The van der Waals surface area contributed by atoms with Crippen molar-refractivity contribution in [2.45, 2.75) is 33.2 Å². The summed E-state index contributed by atoms with van der Waals surface area (Å²) in [7, 11) is 0. The minimum Gasteiger partial charge on any atom is -0.476 e. The lowest BCUT2D eigenvalue weighted by molar-refractivity contribution is 0.0483. The van der Waals surface area contributed by atoms with Crippen molar-refractivity contribution in [3.05, 3.63) is 5.69 Å². The molecule has 0 atom stereocenters. The number of rotatable bonds is 4. The van der Waals surface area contributed by atoms with E-state index >= 15 is 0 Å². The highest BCUT2D eigenvalue weighted by molar-refractivity contribution is 5.52. The van der Waals surface area contributed by atoms with Crippen LogP contribution < -0.4 is 10.5 Å². The predicted molar refractivity (Wildman–Crippen MR) is 66.1 cm³/mol. The van der Waals surface area contributed by atoms with Crippen molar-refractivity contribution in [1.82, 2.24) is 9.78 Å². The molecule has 2 rings (SSSR count). The van der Waals surface area contributed by atoms with Crippen molar-refractivity contribution in [3.8, 4) is 5.88 Å². The van der Waals surface area contributed by atoms with Gasteiger partial charge in [-0.15, -0.1) is 0 Å². The molecule has 96 valence electrons. The Bertz CT molecular complexity index is 370. The van der Waals surface area contributed by atoms with Crippen LogP contribution in [0, 0.1) is 12.8 Å². The fourth-order valence-electron chi connectivity index (χ4n) is 2.05. The molecule has 1 saturated heterocycles. The highest BCUT2D eigenvalue weighted by Gasteiger charge is 2.18. The molecule has 0 saturated carbocycles. The van der Waals surface area contributed by atoms with E-state index in [0.29, 0.717) is 18.2 Å². The van der Waals surface area contributed by atoms with E-state index in [1.165, 1.54) is 0 Å². The normalized spacial score (nSPS) is 17.3. The topological polar surface area (TPSA) is 62.3 Å². The SMILES string of the molecule is CCn1nc(C)c(N)c1OCC1CCOCC1. The van der Waals surface area contributed by atoms with Crippen molar-refractivity contribution in [2.75, 3.05) is 25.6 Å². The largest absolute Gasteiger partial charge is 0.476 e. The Hall–Kier alpha value is -1.23. The maximum Gasteiger partial charge on any atom is 0.236 e. The molecule has 0 aromatic carbocycles. The molecule has 1 aromatic rings. The zero-order chi connectivity index (χ0) is 12.3. The Balaban J connectivity index is 1.97. The van der Waals surface area contributed by atoms with E-state index in [9.17, 15) is 0 Å². The first-order chi connectivity index (χ1) is 8.22. The van der Waals surface area contributed by atoms with Gasteiger partial charge in [0.2, 0.25) is 5.88 Å². The van der Waals surface area contributed by atoms with Gasteiger partial charge in [-0.1, -0.05) is 0 Å². The summed E-state index contributed by atoms with van der Waals surface area (Å²) in [6.45, 7) is 7.11. The fourth-order valence-corrected chi connectivity index (χ4v) is 2.05. The maximum absolute atomic E-state index is 5.96. The average Bonchev–Trinajstić information content (AvgIpc) is 2.64. The second kappa shape index (κ2) is 5.40. The van der Waals surface area contributed by atoms with Crippen molar-refractivity contribution in [1.29, 1.82) is 0 Å². The van der Waals surface area contributed by atoms with E-state index in [-0.39, 0.29) is 0 Å². The summed E-state index contributed by atoms with van der Waals surface area (Å²) in [5.41, 5.74) is 7.47. The van der Waals surface area contributed by atoms with Gasteiger partial charge in [-0.3, -0.25) is 0 Å². The third-order valence-electron chi connectivity index (χ3n) is 3.22. The molecule has 1 aromatic heterocycles. The highest BCUT2D eigenvalue weighted by Crippen LogP contribution is 2.26. The van der Waals surface area contributed by atoms with E-state index < -0.39 is 0 Å². The van der Waals surface area contributed by atoms with Crippen LogP contribution >= 0.6 is 0 Å². The van der Waals surface area contributed by atoms with Gasteiger partial charge >= 0.3 is 0 Å². The number of aromatic nitrogens is 2. The maximum atomic E-state index is 5.96. The van der Waals surface area contributed by atoms with Crippen LogP contribution in [0.15, 0.2) is 0 Å². The average molecular weight is 239 g/mol. The summed E-state index contributed by atoms with van der Waals surface area (Å²) >= 11 is 0. The highest BCUT2D eigenvalue weighted by atomic mass is 16.5. The molecule has 0 amide bonds. The second-order valence-electron chi connectivity index (χ2n) is 4.49. The van der Waals surface area contributed by atoms with Gasteiger partial charge in [-0.25, -0.2) is 4.68 Å². The third kappa shape index (κ3) is 2.72. The summed E-state index contributed by atoms with van der Waals surface area (Å²) in [4.78, 5) is 0. The Kier molecular flexibility index (Phi) is 3.89. The van der Waals surface area contributed by atoms with E-state index in [0.717, 1.165) is 44.2 Å². The minimum absolute atomic E-state index is 0.573. The molecule has 0 radical (unpaired) electrons. The first kappa shape index (κ1) is 12.2. The van der Waals surface area contributed by atoms with Crippen molar-refractivity contribution < 1.29 is 9.47 Å². The Morgan fingerprint density at radius 2 is 2.18 bits per heavy atom. The molecule has 0 aliphatic carbocycles. The van der Waals surface area contributed by atoms with Gasteiger partial charge in [-0.05, 0) is 32.6 Å². The van der Waals surface area contributed by atoms with Crippen LogP contribution in [0.4, 0.5) is 5.69 Å². The van der Waals surface area contributed by atoms with Crippen LogP contribution in [0.25, 0.3) is 0 Å². The molecule has 2 heterocycles. The number of nitrogens with zero attached hydrogens (tertiary/aromatic N) is 2. The molecule has 1 aliphatic rings. The van der Waals surface area contributed by atoms with Gasteiger partial charge in [0.05, 0.1) is 12.3 Å². The Morgan fingerprint density at radius 1 is 1.47 bits per heavy atom. The lowest BCUT2D eigenvalue weighted by atomic mass is 10.0. The second-order valence-corrected chi connectivity index (χ2v) is 4.49. The molecular formula is C12H21N3O2. The zero-order valence-corrected chi connectivity index (χ0v) is 10.6. The third-order valence-corrected chi connectivity index (χ3v) is 3.22. The Morgan fingerprint density at radius 3 is 2.82 bits per heavy atom. The zero-order valence-electron chi connectivity index (χ0n) is 10.6. The van der Waals surface area contributed by atoms with Gasteiger partial charge in [0.15, 0.2) is 0 Å². The smallest absolute Gasteiger partial charge is 0.236 e. The molecule has 5 heteroatoms. The van der Waals surface area contributed by atoms with Crippen LogP contribution in [-0.4, -0.2) is 29.6 Å². The molecule has 17 heavy (non-hydrogen) atoms. The predicted octanol–water partition coefficient (Wildman–Crippen LogP) is 1.60. The van der Waals surface area contributed by atoms with Crippen LogP contribution in [0.3, 0.4) is 0 Å². The van der Waals surface area contributed by atoms with E-state index in [1.807, 2.05) is 18.5 Å². The van der Waals surface area contributed by atoms with Gasteiger partial charge in [0, 0.05) is 19.8 Å². The van der Waals surface area contributed by atoms with Crippen molar-refractivity contribution in [3.63, 3.8) is 0 Å². The molecule has 5 nitrogen and oxygen atoms in total. The first-order valence-electron chi connectivity index (χ1n) is 6.25. The van der Waals surface area contributed by atoms with E-state index in [1.54, 1.807) is 0 Å². The molecule has 0 unspecified atom stereocenters. The van der Waals surface area contributed by atoms with E-state index in [2.05, 4.69) is 5.10 Å². The summed E-state index contributed by atoms with van der Waals surface area (Å²) in [5.74, 6) is 1.29. The molecule has 1 aliphatic heterocycles. The monoisotopic (exact) mass is 239 g/mol. The Labute approximate surface area is 102 Å². The van der Waals surface area contributed by atoms with Crippen LogP contribution in [-0.2, 0) is 11.3 Å². The number of anilines is 1. The van der Waals surface area contributed by atoms with Crippen LogP contribution in [0.5, 0.6) is 5.88 Å². The van der Waals surface area contributed by atoms with Gasteiger partial charge in [0.1, 0.15) is 5.69 Å². The quantitative estimate of drug-likeness (QED) is 0.867. The van der Waals surface area contributed by atoms with Crippen molar-refractivity contribution in [2.24, 2.45) is 5.92 Å². The summed E-state index contributed by atoms with van der Waals surface area (Å²) < 4.78 is 13.0. The fraction of sp³-hybridized carbons (Fsp3) is 0.750. The van der Waals surface area contributed by atoms with Crippen LogP contribution in [0.2, 0.25) is 0 Å². The first-order valence-corrected chi connectivity index (χ1v) is 6.25. The summed E-state index contributed by atoms with van der Waals surface area (Å²) in [5, 5.41) is 4.33. The number of nitrogen functional groups attached to an aromatic ring is 1. The number of hydrogen-bond acceptors (Lipinski definition) is 4. The minimum atomic E-state index is 0.573. The van der Waals surface area contributed by atoms with Crippen LogP contribution in [0.1, 0.15) is 25.5 Å². The molecule has 0 bridgehead atoms. The summed E-state index contributed by atoms with van der Waals surface area (Å²) in [6.07, 6.45) is 2.14. The summed E-state index contributed by atoms with van der Waals surface area (Å²) in [6, 6.07) is 0. The lowest BCUT2D eigenvalue weighted by Crippen LogP contribution is -2.22. The van der Waals surface area contributed by atoms with E-state index in [4.69, 9.17) is 15.2 Å². The van der Waals surface area contributed by atoms with Gasteiger partial charge < -0.3 is 15.2 Å². The van der Waals surface area contributed by atoms with Gasteiger partial charge in [0.25, 0.3) is 0 Å². The van der Waals surface area contributed by atoms with Crippen molar-refractivity contribution >= 4 is 5.69 Å². The number of aryl methyl sites for hydroxylation is 2. The number of nitrogens with two attached hydrogens (primary N) is 1. The molecule has 1 fully saturated rings. The lowest BCUT2D eigenvalue weighted by Gasteiger charge is -2.22. The standard InChI is InChI=1S/C12H21N3O2/c1-3-15-12(11(13)9(2)14-15)17-8-10-4-6-16-7-5-10/h10H,3-8,13H2,1-2H3. The molecule has 2 N–H and O–H groups in total. The number of ether oxygens (including phenoxy) is 2.